The SMILES string of the molecule is CCCCCCc1cc(C(=O)COc2ccc(C(=O)OC)cc2)c(O)cc1O.CCCCCCc1cc(C(=O)COc2ccccc2)c(O)cc1O. The van der Waals surface area contributed by atoms with E-state index in [0.717, 1.165) is 51.4 Å². The Morgan fingerprint density at radius 2 is 0.981 bits per heavy atom. The number of benzene rings is 4. The van der Waals surface area contributed by atoms with Crippen LogP contribution in [0.2, 0.25) is 0 Å². The molecule has 278 valence electrons. The Labute approximate surface area is 305 Å². The molecule has 0 aliphatic rings. The first-order chi connectivity index (χ1) is 25.1. The molecule has 4 N–H and O–H groups in total. The third-order valence-electron chi connectivity index (χ3n) is 8.35. The van der Waals surface area contributed by atoms with Gasteiger partial charge in [0.25, 0.3) is 0 Å². The second-order valence-electron chi connectivity index (χ2n) is 12.4. The molecule has 10 heteroatoms. The van der Waals surface area contributed by atoms with E-state index >= 15 is 0 Å². The summed E-state index contributed by atoms with van der Waals surface area (Å²) < 4.78 is 15.5. The Bertz CT molecular complexity index is 1730. The summed E-state index contributed by atoms with van der Waals surface area (Å²) in [5, 5.41) is 40.0. The van der Waals surface area contributed by atoms with E-state index < -0.39 is 11.8 Å². The minimum atomic E-state index is -0.455. The van der Waals surface area contributed by atoms with Gasteiger partial charge in [-0.3, -0.25) is 9.59 Å². The average Bonchev–Trinajstić information content (AvgIpc) is 3.15. The van der Waals surface area contributed by atoms with Gasteiger partial charge in [0.2, 0.25) is 11.6 Å². The molecular formula is C42H50O10. The highest BCUT2D eigenvalue weighted by molar-refractivity contribution is 6.00. The van der Waals surface area contributed by atoms with Crippen LogP contribution in [0.3, 0.4) is 0 Å². The van der Waals surface area contributed by atoms with Gasteiger partial charge in [-0.15, -0.1) is 0 Å². The van der Waals surface area contributed by atoms with Crippen LogP contribution in [-0.2, 0) is 17.6 Å². The zero-order valence-electron chi connectivity index (χ0n) is 30.2. The predicted molar refractivity (Wildman–Crippen MR) is 199 cm³/mol. The lowest BCUT2D eigenvalue weighted by molar-refractivity contribution is 0.0600. The van der Waals surface area contributed by atoms with Gasteiger partial charge in [0.1, 0.15) is 34.5 Å². The van der Waals surface area contributed by atoms with Gasteiger partial charge in [-0.2, -0.15) is 0 Å². The first-order valence-electron chi connectivity index (χ1n) is 17.7. The smallest absolute Gasteiger partial charge is 0.337 e. The lowest BCUT2D eigenvalue weighted by atomic mass is 10.0. The summed E-state index contributed by atoms with van der Waals surface area (Å²) in [7, 11) is 1.30. The number of unbranched alkanes of at least 4 members (excludes halogenated alkanes) is 6. The van der Waals surface area contributed by atoms with Crippen LogP contribution in [0, 0.1) is 0 Å². The Morgan fingerprint density at radius 1 is 0.538 bits per heavy atom. The quantitative estimate of drug-likeness (QED) is 0.0420. The number of rotatable bonds is 19. The lowest BCUT2D eigenvalue weighted by Gasteiger charge is -2.11. The van der Waals surface area contributed by atoms with E-state index in [2.05, 4.69) is 18.6 Å². The fraction of sp³-hybridized carbons (Fsp3) is 0.357. The average molecular weight is 715 g/mol. The fourth-order valence-electron chi connectivity index (χ4n) is 5.35. The monoisotopic (exact) mass is 714 g/mol. The van der Waals surface area contributed by atoms with E-state index in [0.29, 0.717) is 41.0 Å². The number of phenols is 4. The van der Waals surface area contributed by atoms with E-state index in [4.69, 9.17) is 9.47 Å². The molecule has 0 spiro atoms. The summed E-state index contributed by atoms with van der Waals surface area (Å²) in [4.78, 5) is 36.2. The van der Waals surface area contributed by atoms with Crippen molar-refractivity contribution in [3.05, 3.63) is 107 Å². The van der Waals surface area contributed by atoms with Crippen molar-refractivity contribution in [1.29, 1.82) is 0 Å². The number of carbonyl (C=O) groups is 3. The Balaban J connectivity index is 0.000000284. The van der Waals surface area contributed by atoms with Crippen LogP contribution in [0.15, 0.2) is 78.9 Å². The maximum atomic E-state index is 12.5. The van der Waals surface area contributed by atoms with Gasteiger partial charge in [0.15, 0.2) is 13.2 Å². The Kier molecular flexibility index (Phi) is 17.0. The highest BCUT2D eigenvalue weighted by Gasteiger charge is 2.17. The highest BCUT2D eigenvalue weighted by atomic mass is 16.5. The van der Waals surface area contributed by atoms with Gasteiger partial charge in [0.05, 0.1) is 23.8 Å². The maximum absolute atomic E-state index is 12.5. The third kappa shape index (κ3) is 13.0. The molecule has 0 amide bonds. The maximum Gasteiger partial charge on any atom is 0.337 e. The minimum Gasteiger partial charge on any atom is -0.508 e. The van der Waals surface area contributed by atoms with Gasteiger partial charge in [0, 0.05) is 12.1 Å². The second-order valence-corrected chi connectivity index (χ2v) is 12.4. The zero-order valence-corrected chi connectivity index (χ0v) is 30.2. The summed E-state index contributed by atoms with van der Waals surface area (Å²) in [6.07, 6.45) is 9.83. The van der Waals surface area contributed by atoms with E-state index in [1.54, 1.807) is 30.3 Å². The molecule has 0 aromatic heterocycles. The van der Waals surface area contributed by atoms with Gasteiger partial charge >= 0.3 is 5.97 Å². The predicted octanol–water partition coefficient (Wildman–Crippen LogP) is 8.75. The van der Waals surface area contributed by atoms with E-state index in [1.165, 1.54) is 37.4 Å². The molecule has 10 nitrogen and oxygen atoms in total. The van der Waals surface area contributed by atoms with Crippen molar-refractivity contribution in [3.63, 3.8) is 0 Å². The number of methoxy groups -OCH3 is 1. The first-order valence-corrected chi connectivity index (χ1v) is 17.7. The van der Waals surface area contributed by atoms with Gasteiger partial charge in [-0.25, -0.2) is 4.79 Å². The van der Waals surface area contributed by atoms with Crippen LogP contribution in [-0.4, -0.2) is 58.3 Å². The zero-order chi connectivity index (χ0) is 37.9. The number of carbonyl (C=O) groups excluding carboxylic acids is 3. The molecule has 0 aliphatic carbocycles. The van der Waals surface area contributed by atoms with E-state index in [1.807, 2.05) is 18.2 Å². The first kappa shape index (κ1) is 40.9. The Hall–Kier alpha value is -5.51. The number of phenolic OH excluding ortho intramolecular Hbond substituents is 4. The molecule has 0 atom stereocenters. The molecule has 0 unspecified atom stereocenters. The standard InChI is InChI=1S/C22H26O6.C20H24O4/c1-3-4-5-6-7-16-12-18(20(24)13-19(16)23)21(25)14-28-17-10-8-15(9-11-17)22(26)27-2;1-2-3-4-6-9-15-12-17(19(22)13-18(15)21)20(23)14-24-16-10-7-5-8-11-16/h8-13,23-24H,3-7,14H2,1-2H3;5,7-8,10-13,21-22H,2-4,6,9,14H2,1H3. The molecule has 4 rings (SSSR count). The Morgan fingerprint density at radius 3 is 1.40 bits per heavy atom. The van der Waals surface area contributed by atoms with E-state index in [-0.39, 0.29) is 53.1 Å². The molecule has 4 aromatic carbocycles. The summed E-state index contributed by atoms with van der Waals surface area (Å²) in [5.41, 5.74) is 2.01. The molecule has 0 bridgehead atoms. The van der Waals surface area contributed by atoms with Crippen molar-refractivity contribution in [2.24, 2.45) is 0 Å². The third-order valence-corrected chi connectivity index (χ3v) is 8.35. The normalized spacial score (nSPS) is 10.5. The fourth-order valence-corrected chi connectivity index (χ4v) is 5.35. The van der Waals surface area contributed by atoms with Crippen LogP contribution in [0.4, 0.5) is 0 Å². The molecule has 0 saturated heterocycles. The van der Waals surface area contributed by atoms with Crippen molar-refractivity contribution in [1.82, 2.24) is 0 Å². The van der Waals surface area contributed by atoms with Gasteiger partial charge in [-0.1, -0.05) is 70.6 Å². The molecule has 0 heterocycles. The molecular weight excluding hydrogens is 664 g/mol. The van der Waals surface area contributed by atoms with Crippen LogP contribution >= 0.6 is 0 Å². The largest absolute Gasteiger partial charge is 0.508 e. The molecule has 52 heavy (non-hydrogen) atoms. The number of hydrogen-bond acceptors (Lipinski definition) is 10. The number of ketones is 2. The lowest BCUT2D eigenvalue weighted by Crippen LogP contribution is -2.12. The molecule has 0 fully saturated rings. The summed E-state index contributed by atoms with van der Waals surface area (Å²) in [6, 6.07) is 20.8. The topological polar surface area (TPSA) is 160 Å². The summed E-state index contributed by atoms with van der Waals surface area (Å²) >= 11 is 0. The van der Waals surface area contributed by atoms with Crippen LogP contribution in [0.25, 0.3) is 0 Å². The van der Waals surface area contributed by atoms with E-state index in [9.17, 15) is 34.8 Å². The van der Waals surface area contributed by atoms with Crippen LogP contribution in [0.5, 0.6) is 34.5 Å². The van der Waals surface area contributed by atoms with Gasteiger partial charge in [-0.05, 0) is 85.3 Å². The number of hydrogen-bond donors (Lipinski definition) is 4. The van der Waals surface area contributed by atoms with Crippen molar-refractivity contribution in [2.45, 2.75) is 78.1 Å². The second kappa shape index (κ2) is 21.6. The number of aryl methyl sites for hydroxylation is 2. The van der Waals surface area contributed by atoms with Crippen molar-refractivity contribution in [2.75, 3.05) is 20.3 Å². The van der Waals surface area contributed by atoms with Crippen LogP contribution < -0.4 is 9.47 Å². The molecule has 4 aromatic rings. The highest BCUT2D eigenvalue weighted by Crippen LogP contribution is 2.31. The number of esters is 1. The van der Waals surface area contributed by atoms with Crippen molar-refractivity contribution >= 4 is 17.5 Å². The number of para-hydroxylation sites is 1. The van der Waals surface area contributed by atoms with Crippen LogP contribution in [0.1, 0.15) is 107 Å². The number of ether oxygens (including phenoxy) is 3. The molecule has 0 radical (unpaired) electrons. The summed E-state index contributed by atoms with van der Waals surface area (Å²) in [6.45, 7) is 3.84. The molecule has 0 aliphatic heterocycles. The van der Waals surface area contributed by atoms with Crippen molar-refractivity contribution < 1.29 is 49.0 Å². The molecule has 0 saturated carbocycles. The van der Waals surface area contributed by atoms with Crippen molar-refractivity contribution in [3.8, 4) is 34.5 Å². The number of Topliss-reactive ketones (excluding diaryl/α,β-unsaturated/α-hetero) is 2. The minimum absolute atomic E-state index is 0.00938. The number of aromatic hydroxyl groups is 4. The summed E-state index contributed by atoms with van der Waals surface area (Å²) in [5.74, 6) is -0.619. The van der Waals surface area contributed by atoms with Gasteiger partial charge < -0.3 is 34.6 Å².